The van der Waals surface area contributed by atoms with Gasteiger partial charge in [-0.05, 0) is 43.3 Å². The van der Waals surface area contributed by atoms with E-state index in [4.69, 9.17) is 24.7 Å². The minimum atomic E-state index is -1.69. The van der Waals surface area contributed by atoms with E-state index >= 15 is 0 Å². The SMILES string of the molecule is CC1(OC(=O)c2ccccc2)[C@@H](OC(=O)c2ccccc2)[C@@H](COC(=O)c2ccccc2)O[C@H]1n1cnc2c(N)ncnc21. The van der Waals surface area contributed by atoms with Gasteiger partial charge >= 0.3 is 17.9 Å². The number of nitrogens with zero attached hydrogens (tertiary/aromatic N) is 4. The first kappa shape index (κ1) is 28.5. The van der Waals surface area contributed by atoms with Crippen LogP contribution in [0.4, 0.5) is 5.82 Å². The summed E-state index contributed by atoms with van der Waals surface area (Å²) in [7, 11) is 0. The van der Waals surface area contributed by atoms with Crippen molar-refractivity contribution in [1.82, 2.24) is 19.5 Å². The fourth-order valence-electron chi connectivity index (χ4n) is 5.10. The second kappa shape index (κ2) is 11.9. The lowest BCUT2D eigenvalue weighted by Crippen LogP contribution is -2.50. The molecule has 12 heteroatoms. The molecule has 6 rings (SSSR count). The molecule has 1 aliphatic rings. The van der Waals surface area contributed by atoms with E-state index in [-0.39, 0.29) is 23.6 Å². The molecule has 5 aromatic rings. The van der Waals surface area contributed by atoms with Gasteiger partial charge in [-0.3, -0.25) is 4.57 Å². The maximum absolute atomic E-state index is 13.5. The molecule has 1 aliphatic heterocycles. The average Bonchev–Trinajstić information content (AvgIpc) is 3.60. The zero-order valence-electron chi connectivity index (χ0n) is 23.5. The zero-order valence-corrected chi connectivity index (χ0v) is 23.5. The summed E-state index contributed by atoms with van der Waals surface area (Å²) in [6.45, 7) is 1.25. The number of hydrogen-bond acceptors (Lipinski definition) is 11. The second-order valence-electron chi connectivity index (χ2n) is 10.2. The molecule has 1 saturated heterocycles. The number of aromatic nitrogens is 4. The van der Waals surface area contributed by atoms with Gasteiger partial charge in [0.25, 0.3) is 0 Å². The predicted molar refractivity (Wildman–Crippen MR) is 156 cm³/mol. The van der Waals surface area contributed by atoms with Crippen LogP contribution in [0.1, 0.15) is 44.2 Å². The van der Waals surface area contributed by atoms with Crippen LogP contribution in [-0.4, -0.2) is 61.8 Å². The van der Waals surface area contributed by atoms with Crippen molar-refractivity contribution in [3.63, 3.8) is 0 Å². The van der Waals surface area contributed by atoms with E-state index in [0.29, 0.717) is 16.7 Å². The van der Waals surface area contributed by atoms with E-state index in [1.54, 1.807) is 97.9 Å². The van der Waals surface area contributed by atoms with E-state index in [1.165, 1.54) is 17.2 Å². The highest BCUT2D eigenvalue weighted by Gasteiger charge is 2.60. The van der Waals surface area contributed by atoms with Crippen molar-refractivity contribution in [3.05, 3.63) is 120 Å². The molecule has 0 bridgehead atoms. The third kappa shape index (κ3) is 5.45. The van der Waals surface area contributed by atoms with Gasteiger partial charge in [-0.1, -0.05) is 54.6 Å². The highest BCUT2D eigenvalue weighted by atomic mass is 16.7. The Hall–Kier alpha value is -5.62. The third-order valence-electron chi connectivity index (χ3n) is 7.29. The maximum Gasteiger partial charge on any atom is 0.338 e. The van der Waals surface area contributed by atoms with Gasteiger partial charge < -0.3 is 24.7 Å². The fourth-order valence-corrected chi connectivity index (χ4v) is 5.10. The van der Waals surface area contributed by atoms with Crippen LogP contribution in [0.5, 0.6) is 0 Å². The summed E-state index contributed by atoms with van der Waals surface area (Å²) < 4.78 is 25.8. The number of carbonyl (C=O) groups is 3. The van der Waals surface area contributed by atoms with Gasteiger partial charge in [0.05, 0.1) is 23.0 Å². The number of fused-ring (bicyclic) bond motifs is 1. The molecule has 4 atom stereocenters. The van der Waals surface area contributed by atoms with Gasteiger partial charge in [-0.25, -0.2) is 29.3 Å². The summed E-state index contributed by atoms with van der Waals surface area (Å²) in [5.74, 6) is -1.86. The van der Waals surface area contributed by atoms with Gasteiger partial charge in [0.15, 0.2) is 29.4 Å². The molecule has 0 amide bonds. The molecule has 3 aromatic carbocycles. The largest absolute Gasteiger partial charge is 0.459 e. The van der Waals surface area contributed by atoms with Crippen LogP contribution in [0, 0.1) is 0 Å². The molecule has 1 fully saturated rings. The highest BCUT2D eigenvalue weighted by Crippen LogP contribution is 2.45. The second-order valence-corrected chi connectivity index (χ2v) is 10.2. The van der Waals surface area contributed by atoms with Crippen molar-refractivity contribution in [2.45, 2.75) is 31.0 Å². The Morgan fingerprint density at radius 2 is 1.39 bits per heavy atom. The van der Waals surface area contributed by atoms with E-state index < -0.39 is 41.9 Å². The van der Waals surface area contributed by atoms with Gasteiger partial charge in [0.1, 0.15) is 24.6 Å². The van der Waals surface area contributed by atoms with E-state index in [0.717, 1.165) is 0 Å². The molecular weight excluding hydrogens is 566 g/mol. The van der Waals surface area contributed by atoms with Crippen LogP contribution >= 0.6 is 0 Å². The number of ether oxygens (including phenoxy) is 4. The van der Waals surface area contributed by atoms with Gasteiger partial charge in [-0.2, -0.15) is 0 Å². The lowest BCUT2D eigenvalue weighted by molar-refractivity contribution is -0.108. The lowest BCUT2D eigenvalue weighted by atomic mass is 9.95. The number of imidazole rings is 1. The number of hydrogen-bond donors (Lipinski definition) is 1. The average molecular weight is 594 g/mol. The van der Waals surface area contributed by atoms with Crippen molar-refractivity contribution in [2.75, 3.05) is 12.3 Å². The summed E-state index contributed by atoms with van der Waals surface area (Å²) in [5.41, 5.74) is 5.79. The van der Waals surface area contributed by atoms with Crippen LogP contribution in [0.2, 0.25) is 0 Å². The summed E-state index contributed by atoms with van der Waals surface area (Å²) in [5, 5.41) is 0. The van der Waals surface area contributed by atoms with Crippen molar-refractivity contribution in [2.24, 2.45) is 0 Å². The van der Waals surface area contributed by atoms with Crippen LogP contribution in [0.25, 0.3) is 11.2 Å². The molecular formula is C32H27N5O7. The normalized spacial score (nSPS) is 21.1. The number of benzene rings is 3. The van der Waals surface area contributed by atoms with Gasteiger partial charge in [-0.15, -0.1) is 0 Å². The Kier molecular flexibility index (Phi) is 7.73. The summed E-state index contributed by atoms with van der Waals surface area (Å²) >= 11 is 0. The number of nitrogen functional groups attached to an aromatic ring is 1. The third-order valence-corrected chi connectivity index (χ3v) is 7.29. The molecule has 12 nitrogen and oxygen atoms in total. The number of rotatable bonds is 8. The molecule has 0 spiro atoms. The molecule has 0 radical (unpaired) electrons. The maximum atomic E-state index is 13.5. The van der Waals surface area contributed by atoms with E-state index in [2.05, 4.69) is 15.0 Å². The van der Waals surface area contributed by atoms with Crippen LogP contribution < -0.4 is 5.73 Å². The first-order chi connectivity index (χ1) is 21.3. The quantitative estimate of drug-likeness (QED) is 0.205. The monoisotopic (exact) mass is 593 g/mol. The Morgan fingerprint density at radius 1 is 0.818 bits per heavy atom. The van der Waals surface area contributed by atoms with Crippen LogP contribution in [-0.2, 0) is 18.9 Å². The molecule has 1 unspecified atom stereocenters. The topological polar surface area (TPSA) is 158 Å². The Bertz CT molecular complexity index is 1800. The predicted octanol–water partition coefficient (Wildman–Crippen LogP) is 4.00. The molecule has 2 N–H and O–H groups in total. The van der Waals surface area contributed by atoms with E-state index in [1.807, 2.05) is 0 Å². The number of esters is 3. The van der Waals surface area contributed by atoms with Gasteiger partial charge in [0, 0.05) is 0 Å². The molecule has 0 aliphatic carbocycles. The molecule has 3 heterocycles. The Morgan fingerprint density at radius 3 is 2.00 bits per heavy atom. The summed E-state index contributed by atoms with van der Waals surface area (Å²) in [6.07, 6.45) is -0.796. The van der Waals surface area contributed by atoms with E-state index in [9.17, 15) is 14.4 Å². The summed E-state index contributed by atoms with van der Waals surface area (Å²) in [6, 6.07) is 25.1. The first-order valence-corrected chi connectivity index (χ1v) is 13.7. The Balaban J connectivity index is 1.41. The summed E-state index contributed by atoms with van der Waals surface area (Å²) in [4.78, 5) is 52.5. The highest BCUT2D eigenvalue weighted by molar-refractivity contribution is 5.91. The molecule has 2 aromatic heterocycles. The van der Waals surface area contributed by atoms with Crippen LogP contribution in [0.3, 0.4) is 0 Å². The van der Waals surface area contributed by atoms with Crippen molar-refractivity contribution < 1.29 is 33.3 Å². The van der Waals surface area contributed by atoms with Crippen molar-refractivity contribution in [3.8, 4) is 0 Å². The molecule has 0 saturated carbocycles. The first-order valence-electron chi connectivity index (χ1n) is 13.7. The van der Waals surface area contributed by atoms with Crippen molar-refractivity contribution in [1.29, 1.82) is 0 Å². The molecule has 44 heavy (non-hydrogen) atoms. The number of carbonyl (C=O) groups excluding carboxylic acids is 3. The lowest BCUT2D eigenvalue weighted by Gasteiger charge is -2.34. The van der Waals surface area contributed by atoms with Gasteiger partial charge in [0.2, 0.25) is 0 Å². The standard InChI is InChI=1S/C32H27N5O7/c1-32(44-30(40)22-15-9-4-10-16-22)25(43-29(39)21-13-7-3-8-14-21)23(17-41-28(38)20-11-5-2-6-12-20)42-31(32)37-19-36-24-26(33)34-18-35-27(24)37/h2-16,18-19,23,25,31H,17H2,1H3,(H2,33,34,35)/t23-,25+,31-,32?/m1/s1. The van der Waals surface area contributed by atoms with Crippen molar-refractivity contribution >= 4 is 34.9 Å². The number of nitrogens with two attached hydrogens (primary N) is 1. The zero-order chi connectivity index (χ0) is 30.7. The fraction of sp³-hybridized carbons (Fsp3) is 0.188. The molecule has 222 valence electrons. The minimum absolute atomic E-state index is 0.134. The Labute approximate surface area is 251 Å². The smallest absolute Gasteiger partial charge is 0.338 e. The minimum Gasteiger partial charge on any atom is -0.459 e. The number of anilines is 1. The van der Waals surface area contributed by atoms with Crippen LogP contribution in [0.15, 0.2) is 104 Å².